The third-order valence-electron chi connectivity index (χ3n) is 4.99. The van der Waals surface area contributed by atoms with Crippen LogP contribution in [0.5, 0.6) is 0 Å². The standard InChI is InChI=1S/C25H40ClN3O6/c1-17(2)21(22(30)33-6)28-15-19(29-24(32)35-25(3,4)5)12-9-10-14-27-23(31)34-16-18-11-7-8-13-20(18)26/h7-8,11,13,17,19,21,28H,9-10,12,14-16H2,1-6H3,(H,27,31)(H,29,32)/t19-,21-/m0/s1. The minimum Gasteiger partial charge on any atom is -0.468 e. The van der Waals surface area contributed by atoms with Crippen LogP contribution in [-0.4, -0.2) is 56.0 Å². The van der Waals surface area contributed by atoms with Crippen LogP contribution in [0, 0.1) is 5.92 Å². The molecule has 0 aromatic heterocycles. The van der Waals surface area contributed by atoms with Gasteiger partial charge in [-0.1, -0.05) is 43.6 Å². The van der Waals surface area contributed by atoms with Gasteiger partial charge in [0.1, 0.15) is 18.2 Å². The van der Waals surface area contributed by atoms with Crippen molar-refractivity contribution in [2.75, 3.05) is 20.2 Å². The van der Waals surface area contributed by atoms with Crippen LogP contribution in [0.15, 0.2) is 24.3 Å². The highest BCUT2D eigenvalue weighted by Gasteiger charge is 2.25. The predicted molar refractivity (Wildman–Crippen MR) is 135 cm³/mol. The SMILES string of the molecule is COC(=O)[C@@H](NC[C@H](CCCCNC(=O)OCc1ccccc1Cl)NC(=O)OC(C)(C)C)C(C)C. The second-order valence-electron chi connectivity index (χ2n) is 9.59. The fourth-order valence-corrected chi connectivity index (χ4v) is 3.39. The minimum absolute atomic E-state index is 0.0191. The van der Waals surface area contributed by atoms with Crippen molar-refractivity contribution in [2.24, 2.45) is 5.92 Å². The number of amides is 2. The van der Waals surface area contributed by atoms with Crippen LogP contribution in [0.2, 0.25) is 5.02 Å². The number of rotatable bonds is 13. The van der Waals surface area contributed by atoms with Crippen LogP contribution in [0.3, 0.4) is 0 Å². The monoisotopic (exact) mass is 513 g/mol. The molecule has 0 heterocycles. The number of nitrogens with one attached hydrogen (secondary N) is 3. The van der Waals surface area contributed by atoms with Crippen LogP contribution >= 0.6 is 11.6 Å². The number of ether oxygens (including phenoxy) is 3. The Kier molecular flexibility index (Phi) is 13.5. The predicted octanol–water partition coefficient (Wildman–Crippen LogP) is 4.42. The van der Waals surface area contributed by atoms with Crippen molar-refractivity contribution in [3.05, 3.63) is 34.9 Å². The molecule has 0 saturated carbocycles. The molecule has 198 valence electrons. The lowest BCUT2D eigenvalue weighted by Gasteiger charge is -2.26. The zero-order chi connectivity index (χ0) is 26.4. The lowest BCUT2D eigenvalue weighted by molar-refractivity contribution is -0.144. The summed E-state index contributed by atoms with van der Waals surface area (Å²) in [5.41, 5.74) is 0.113. The van der Waals surface area contributed by atoms with Gasteiger partial charge in [0.25, 0.3) is 0 Å². The van der Waals surface area contributed by atoms with E-state index in [9.17, 15) is 14.4 Å². The molecular formula is C25H40ClN3O6. The lowest BCUT2D eigenvalue weighted by Crippen LogP contribution is -2.50. The van der Waals surface area contributed by atoms with E-state index in [2.05, 4.69) is 16.0 Å². The van der Waals surface area contributed by atoms with E-state index in [4.69, 9.17) is 25.8 Å². The topological polar surface area (TPSA) is 115 Å². The molecule has 0 bridgehead atoms. The molecule has 10 heteroatoms. The molecule has 0 radical (unpaired) electrons. The smallest absolute Gasteiger partial charge is 0.407 e. The molecule has 3 N–H and O–H groups in total. The highest BCUT2D eigenvalue weighted by Crippen LogP contribution is 2.15. The van der Waals surface area contributed by atoms with Crippen LogP contribution in [0.1, 0.15) is 59.4 Å². The highest BCUT2D eigenvalue weighted by molar-refractivity contribution is 6.31. The molecule has 0 aliphatic carbocycles. The van der Waals surface area contributed by atoms with E-state index in [-0.39, 0.29) is 24.5 Å². The number of esters is 1. The number of methoxy groups -OCH3 is 1. The fourth-order valence-electron chi connectivity index (χ4n) is 3.20. The molecule has 2 amide bonds. The molecule has 0 saturated heterocycles. The summed E-state index contributed by atoms with van der Waals surface area (Å²) in [5, 5.41) is 9.31. The molecule has 0 spiro atoms. The minimum atomic E-state index is -0.622. The molecular weight excluding hydrogens is 474 g/mol. The third-order valence-corrected chi connectivity index (χ3v) is 5.36. The van der Waals surface area contributed by atoms with Crippen LogP contribution in [0.4, 0.5) is 9.59 Å². The van der Waals surface area contributed by atoms with Gasteiger partial charge in [0, 0.05) is 29.7 Å². The van der Waals surface area contributed by atoms with Crippen LogP contribution in [-0.2, 0) is 25.6 Å². The maximum absolute atomic E-state index is 12.3. The van der Waals surface area contributed by atoms with Gasteiger partial charge in [0.05, 0.1) is 7.11 Å². The third kappa shape index (κ3) is 13.2. The van der Waals surface area contributed by atoms with Gasteiger partial charge in [0.15, 0.2) is 0 Å². The largest absolute Gasteiger partial charge is 0.468 e. The Morgan fingerprint density at radius 2 is 1.74 bits per heavy atom. The summed E-state index contributed by atoms with van der Waals surface area (Å²) in [5.74, 6) is -0.332. The maximum atomic E-state index is 12.3. The molecule has 0 fully saturated rings. The van der Waals surface area contributed by atoms with E-state index in [0.717, 1.165) is 12.0 Å². The first kappa shape index (κ1) is 30.5. The van der Waals surface area contributed by atoms with Crippen molar-refractivity contribution in [3.8, 4) is 0 Å². The molecule has 0 aliphatic rings. The van der Waals surface area contributed by atoms with Crippen molar-refractivity contribution in [1.29, 1.82) is 0 Å². The fraction of sp³-hybridized carbons (Fsp3) is 0.640. The van der Waals surface area contributed by atoms with Crippen LogP contribution < -0.4 is 16.0 Å². The average Bonchev–Trinajstić information content (AvgIpc) is 2.76. The number of unbranched alkanes of at least 4 members (excludes halogenated alkanes) is 1. The molecule has 35 heavy (non-hydrogen) atoms. The first-order chi connectivity index (χ1) is 16.4. The van der Waals surface area contributed by atoms with E-state index in [1.54, 1.807) is 32.9 Å². The van der Waals surface area contributed by atoms with Crippen molar-refractivity contribution in [3.63, 3.8) is 0 Å². The van der Waals surface area contributed by atoms with E-state index in [0.29, 0.717) is 31.0 Å². The normalized spacial score (nSPS) is 13.0. The van der Waals surface area contributed by atoms with Gasteiger partial charge in [-0.25, -0.2) is 9.59 Å². The quantitative estimate of drug-likeness (QED) is 0.203. The van der Waals surface area contributed by atoms with Gasteiger partial charge >= 0.3 is 18.2 Å². The van der Waals surface area contributed by atoms with Gasteiger partial charge in [-0.15, -0.1) is 0 Å². The van der Waals surface area contributed by atoms with E-state index in [1.165, 1.54) is 7.11 Å². The van der Waals surface area contributed by atoms with E-state index < -0.39 is 23.8 Å². The Morgan fingerprint density at radius 1 is 1.06 bits per heavy atom. The number of carbonyl (C=O) groups is 3. The first-order valence-electron chi connectivity index (χ1n) is 11.9. The summed E-state index contributed by atoms with van der Waals surface area (Å²) < 4.78 is 15.4. The average molecular weight is 514 g/mol. The summed E-state index contributed by atoms with van der Waals surface area (Å²) in [4.78, 5) is 36.3. The Balaban J connectivity index is 2.50. The zero-order valence-corrected chi connectivity index (χ0v) is 22.4. The number of alkyl carbamates (subject to hydrolysis) is 2. The summed E-state index contributed by atoms with van der Waals surface area (Å²) in [6.07, 6.45) is 0.974. The molecule has 1 aromatic rings. The Morgan fingerprint density at radius 3 is 2.34 bits per heavy atom. The molecule has 1 rings (SSSR count). The molecule has 0 unspecified atom stereocenters. The Hall–Kier alpha value is -2.52. The highest BCUT2D eigenvalue weighted by atomic mass is 35.5. The van der Waals surface area contributed by atoms with E-state index in [1.807, 2.05) is 26.0 Å². The molecule has 0 aliphatic heterocycles. The molecule has 9 nitrogen and oxygen atoms in total. The maximum Gasteiger partial charge on any atom is 0.407 e. The number of benzene rings is 1. The Labute approximate surface area is 213 Å². The number of carbonyl (C=O) groups excluding carboxylic acids is 3. The van der Waals surface area contributed by atoms with Crippen molar-refractivity contribution in [2.45, 2.75) is 78.2 Å². The summed E-state index contributed by atoms with van der Waals surface area (Å²) >= 11 is 6.06. The summed E-state index contributed by atoms with van der Waals surface area (Å²) in [6.45, 7) is 10.1. The van der Waals surface area contributed by atoms with Crippen molar-refractivity contribution < 1.29 is 28.6 Å². The Bertz CT molecular complexity index is 813. The number of hydrogen-bond donors (Lipinski definition) is 3. The second-order valence-corrected chi connectivity index (χ2v) is 9.99. The van der Waals surface area contributed by atoms with E-state index >= 15 is 0 Å². The van der Waals surface area contributed by atoms with Crippen molar-refractivity contribution >= 4 is 29.8 Å². The lowest BCUT2D eigenvalue weighted by atomic mass is 10.0. The summed E-state index contributed by atoms with van der Waals surface area (Å²) in [6, 6.07) is 6.41. The van der Waals surface area contributed by atoms with Gasteiger partial charge in [0.2, 0.25) is 0 Å². The zero-order valence-electron chi connectivity index (χ0n) is 21.6. The van der Waals surface area contributed by atoms with Gasteiger partial charge in [-0.2, -0.15) is 0 Å². The van der Waals surface area contributed by atoms with Gasteiger partial charge < -0.3 is 30.2 Å². The molecule has 2 atom stereocenters. The second kappa shape index (κ2) is 15.5. The number of hydrogen-bond acceptors (Lipinski definition) is 7. The number of halogens is 1. The molecule has 1 aromatic carbocycles. The first-order valence-corrected chi connectivity index (χ1v) is 12.3. The summed E-state index contributed by atoms with van der Waals surface area (Å²) in [7, 11) is 1.35. The van der Waals surface area contributed by atoms with Gasteiger partial charge in [-0.3, -0.25) is 4.79 Å². The van der Waals surface area contributed by atoms with Gasteiger partial charge in [-0.05, 0) is 52.0 Å². The van der Waals surface area contributed by atoms with Crippen molar-refractivity contribution in [1.82, 2.24) is 16.0 Å². The van der Waals surface area contributed by atoms with Crippen LogP contribution in [0.25, 0.3) is 0 Å².